The lowest BCUT2D eigenvalue weighted by atomic mass is 9.79. The Bertz CT molecular complexity index is 2990. The number of fused-ring (bicyclic) bond motifs is 8. The van der Waals surface area contributed by atoms with Gasteiger partial charge < -0.3 is 52.4 Å². The van der Waals surface area contributed by atoms with Gasteiger partial charge in [0.2, 0.25) is 11.8 Å². The first-order valence-electron chi connectivity index (χ1n) is 29.4. The van der Waals surface area contributed by atoms with Crippen LogP contribution in [0.2, 0.25) is 0 Å². The van der Waals surface area contributed by atoms with Crippen LogP contribution in [0.3, 0.4) is 0 Å². The average Bonchev–Trinajstić information content (AvgIpc) is 2.28. The first kappa shape index (κ1) is 63.9. The molecule has 0 unspecified atom stereocenters. The van der Waals surface area contributed by atoms with Crippen molar-refractivity contribution in [3.8, 4) is 23.0 Å². The van der Waals surface area contributed by atoms with Crippen molar-refractivity contribution in [1.29, 1.82) is 0 Å². The minimum atomic E-state index is -0.916. The number of nitrogens with two attached hydrogens (primary N) is 2. The molecule has 0 heterocycles. The van der Waals surface area contributed by atoms with Gasteiger partial charge in [-0.25, -0.2) is 0 Å². The zero-order chi connectivity index (χ0) is 61.3. The minimum Gasteiger partial charge on any atom is -0.507 e. The standard InChI is InChI=1S/C70H90N6O8/c1-67(2,3)53-33-45-29-49-37-55(69(7,8)9)39-51(63(49)83-41-59(77)75-57(65(81)73-25-23-71)27-43-19-15-13-16-20-43)31-47-35-54(68(4,5)6)36-48(62(47)80)32-52-40-56(70(10,11)12)38-50(30-46(34-53)61(45)79)64(52)84-42-60(78)76-58(66(82)74-26-24-72)28-44-21-17-14-18-22-44/h13-22,33-40,57-58,79-80H,23-32,41-42,71-72H2,1-12H3,(H,73,81)(H,74,82)(H,75,77)(H,76,78)/t57-,58-/m0/s1. The highest BCUT2D eigenvalue weighted by atomic mass is 16.5. The van der Waals surface area contributed by atoms with E-state index in [1.165, 1.54) is 0 Å². The van der Waals surface area contributed by atoms with Gasteiger partial charge in [0.1, 0.15) is 35.1 Å². The van der Waals surface area contributed by atoms with Gasteiger partial charge in [-0.2, -0.15) is 0 Å². The zero-order valence-corrected chi connectivity index (χ0v) is 51.5. The van der Waals surface area contributed by atoms with Crippen LogP contribution in [0.25, 0.3) is 0 Å². The number of phenolic OH excluding ortho intramolecular Hbond substituents is 2. The molecular weight excluding hydrogens is 1050 g/mol. The number of aromatic hydroxyl groups is 2. The normalized spacial score (nSPS) is 13.5. The second-order valence-electron chi connectivity index (χ2n) is 26.6. The Balaban J connectivity index is 1.41. The summed E-state index contributed by atoms with van der Waals surface area (Å²) in [5, 5.41) is 37.3. The maximum atomic E-state index is 14.3. The monoisotopic (exact) mass is 1140 g/mol. The molecule has 6 aromatic rings. The van der Waals surface area contributed by atoms with E-state index in [-0.39, 0.29) is 110 Å². The van der Waals surface area contributed by atoms with Gasteiger partial charge in [-0.3, -0.25) is 19.2 Å². The van der Waals surface area contributed by atoms with Crippen LogP contribution in [0.1, 0.15) is 161 Å². The molecule has 84 heavy (non-hydrogen) atoms. The summed E-state index contributed by atoms with van der Waals surface area (Å²) in [6.45, 7) is 25.7. The molecule has 8 bridgehead atoms. The van der Waals surface area contributed by atoms with Crippen LogP contribution >= 0.6 is 0 Å². The summed E-state index contributed by atoms with van der Waals surface area (Å²) >= 11 is 0. The van der Waals surface area contributed by atoms with Crippen LogP contribution in [0.15, 0.2) is 109 Å². The van der Waals surface area contributed by atoms with Crippen LogP contribution < -0.4 is 42.2 Å². The predicted molar refractivity (Wildman–Crippen MR) is 334 cm³/mol. The van der Waals surface area contributed by atoms with Gasteiger partial charge in [0.25, 0.3) is 11.8 Å². The Morgan fingerprint density at radius 2 is 0.702 bits per heavy atom. The molecule has 10 N–H and O–H groups in total. The average molecular weight is 1140 g/mol. The Morgan fingerprint density at radius 1 is 0.440 bits per heavy atom. The molecule has 14 heteroatoms. The van der Waals surface area contributed by atoms with E-state index in [0.29, 0.717) is 56.0 Å². The molecule has 0 spiro atoms. The first-order valence-corrected chi connectivity index (χ1v) is 29.4. The lowest BCUT2D eigenvalue weighted by Crippen LogP contribution is -2.50. The van der Waals surface area contributed by atoms with E-state index in [4.69, 9.17) is 20.9 Å². The SMILES string of the molecule is CC(C)(C)c1cc2c(O)c(c1)Cc1cc(C(C)(C)C)cc(c1OCC(=O)N[C@@H](Cc1ccccc1)C(=O)NCCN)Cc1cc(C(C)(C)C)cc(c1O)Cc1cc(C(C)(C)C)cc(c1OCC(=O)N[C@@H](Cc1ccccc1)C(=O)NCCN)C2. The number of carbonyl (C=O) groups is 4. The van der Waals surface area contributed by atoms with Gasteiger partial charge in [0.15, 0.2) is 13.2 Å². The molecule has 7 rings (SSSR count). The zero-order valence-electron chi connectivity index (χ0n) is 51.5. The van der Waals surface area contributed by atoms with Crippen molar-refractivity contribution in [2.45, 2.75) is 155 Å². The van der Waals surface area contributed by atoms with Crippen molar-refractivity contribution in [1.82, 2.24) is 21.3 Å². The number of phenols is 2. The summed E-state index contributed by atoms with van der Waals surface area (Å²) in [6, 6.07) is 33.6. The molecule has 0 saturated carbocycles. The van der Waals surface area contributed by atoms with Crippen molar-refractivity contribution in [3.63, 3.8) is 0 Å². The third-order valence-electron chi connectivity index (χ3n) is 15.5. The van der Waals surface area contributed by atoms with E-state index < -0.39 is 37.1 Å². The minimum absolute atomic E-state index is 0.0741. The number of benzene rings is 6. The number of rotatable bonds is 18. The molecule has 2 atom stereocenters. The molecule has 0 saturated heterocycles. The fraction of sp³-hybridized carbons (Fsp3) is 0.429. The fourth-order valence-electron chi connectivity index (χ4n) is 10.5. The third kappa shape index (κ3) is 16.8. The van der Waals surface area contributed by atoms with Gasteiger partial charge in [-0.1, -0.05) is 192 Å². The second kappa shape index (κ2) is 26.9. The Kier molecular flexibility index (Phi) is 20.5. The van der Waals surface area contributed by atoms with E-state index in [9.17, 15) is 29.4 Å². The van der Waals surface area contributed by atoms with Crippen molar-refractivity contribution >= 4 is 23.6 Å². The summed E-state index contributed by atoms with van der Waals surface area (Å²) < 4.78 is 13.6. The van der Waals surface area contributed by atoms with E-state index in [2.05, 4.69) is 129 Å². The van der Waals surface area contributed by atoms with E-state index in [0.717, 1.165) is 33.4 Å². The number of hydrogen-bond donors (Lipinski definition) is 8. The molecule has 0 aliphatic heterocycles. The van der Waals surface area contributed by atoms with Crippen molar-refractivity contribution in [2.24, 2.45) is 11.5 Å². The van der Waals surface area contributed by atoms with E-state index >= 15 is 0 Å². The van der Waals surface area contributed by atoms with Crippen LogP contribution in [-0.4, -0.2) is 85.3 Å². The topological polar surface area (TPSA) is 227 Å². The maximum absolute atomic E-state index is 14.3. The highest BCUT2D eigenvalue weighted by Gasteiger charge is 2.31. The summed E-state index contributed by atoms with van der Waals surface area (Å²) in [6.07, 6.45) is 1.24. The number of nitrogens with one attached hydrogen (secondary N) is 4. The molecule has 0 radical (unpaired) electrons. The maximum Gasteiger partial charge on any atom is 0.258 e. The highest BCUT2D eigenvalue weighted by molar-refractivity contribution is 5.89. The van der Waals surface area contributed by atoms with E-state index in [1.54, 1.807) is 0 Å². The third-order valence-corrected chi connectivity index (χ3v) is 15.5. The van der Waals surface area contributed by atoms with Gasteiger partial charge in [0, 0.05) is 64.7 Å². The van der Waals surface area contributed by atoms with Crippen LogP contribution in [0, 0.1) is 0 Å². The molecule has 448 valence electrons. The molecule has 4 amide bonds. The summed E-state index contributed by atoms with van der Waals surface area (Å²) in [5.74, 6) is -0.746. The Labute approximate surface area is 497 Å². The number of hydrogen-bond acceptors (Lipinski definition) is 10. The second-order valence-corrected chi connectivity index (χ2v) is 26.6. The Morgan fingerprint density at radius 3 is 0.952 bits per heavy atom. The quantitative estimate of drug-likeness (QED) is 0.0406. The van der Waals surface area contributed by atoms with Gasteiger partial charge in [0.05, 0.1) is 0 Å². The van der Waals surface area contributed by atoms with Crippen LogP contribution in [0.5, 0.6) is 23.0 Å². The molecule has 0 fully saturated rings. The van der Waals surface area contributed by atoms with Crippen LogP contribution in [0.4, 0.5) is 0 Å². The molecule has 0 aromatic heterocycles. The van der Waals surface area contributed by atoms with Crippen molar-refractivity contribution < 1.29 is 38.9 Å². The molecule has 1 aliphatic rings. The van der Waals surface area contributed by atoms with Crippen LogP contribution in [-0.2, 0) is 79.4 Å². The van der Waals surface area contributed by atoms with Crippen molar-refractivity contribution in [2.75, 3.05) is 39.4 Å². The summed E-state index contributed by atoms with van der Waals surface area (Å²) in [5.41, 5.74) is 21.0. The molecular formula is C70H90N6O8. The molecule has 6 aromatic carbocycles. The van der Waals surface area contributed by atoms with Gasteiger partial charge >= 0.3 is 0 Å². The smallest absolute Gasteiger partial charge is 0.258 e. The van der Waals surface area contributed by atoms with Gasteiger partial charge in [-0.15, -0.1) is 0 Å². The predicted octanol–water partition coefficient (Wildman–Crippen LogP) is 9.33. The fourth-order valence-corrected chi connectivity index (χ4v) is 10.5. The summed E-state index contributed by atoms with van der Waals surface area (Å²) in [4.78, 5) is 55.7. The molecule has 1 aliphatic carbocycles. The van der Waals surface area contributed by atoms with Gasteiger partial charge in [-0.05, 0) is 99.5 Å². The Hall–Kier alpha value is -7.68. The molecule has 14 nitrogen and oxygen atoms in total. The lowest BCUT2D eigenvalue weighted by Gasteiger charge is -2.28. The first-order chi connectivity index (χ1) is 39.5. The lowest BCUT2D eigenvalue weighted by molar-refractivity contribution is -0.130. The van der Waals surface area contributed by atoms with Crippen molar-refractivity contribution in [3.05, 3.63) is 187 Å². The largest absolute Gasteiger partial charge is 0.507 e. The van der Waals surface area contributed by atoms with E-state index in [1.807, 2.05) is 84.9 Å². The number of amides is 4. The number of ether oxygens (including phenoxy) is 2. The number of carbonyl (C=O) groups excluding carboxylic acids is 4. The summed E-state index contributed by atoms with van der Waals surface area (Å²) in [7, 11) is 0. The highest BCUT2D eigenvalue weighted by Crippen LogP contribution is 2.44.